The van der Waals surface area contributed by atoms with Crippen LogP contribution in [0, 0.1) is 24.0 Å². The molecule has 0 atom stereocenters. The minimum atomic E-state index is -1.05. The second-order valence-corrected chi connectivity index (χ2v) is 3.43. The molecule has 0 bridgehead atoms. The van der Waals surface area contributed by atoms with Crippen LogP contribution in [0.4, 0.5) is 5.69 Å². The van der Waals surface area contributed by atoms with Crippen molar-refractivity contribution in [3.63, 3.8) is 0 Å². The van der Waals surface area contributed by atoms with Gasteiger partial charge in [0.25, 0.3) is 5.69 Å². The first-order valence-corrected chi connectivity index (χ1v) is 4.58. The highest BCUT2D eigenvalue weighted by molar-refractivity contribution is 5.85. The molecular formula is C11H11NO4. The summed E-state index contributed by atoms with van der Waals surface area (Å²) in [6.45, 7) is 3.26. The van der Waals surface area contributed by atoms with Gasteiger partial charge in [-0.1, -0.05) is 0 Å². The lowest BCUT2D eigenvalue weighted by molar-refractivity contribution is -0.386. The molecule has 0 saturated heterocycles. The number of carboxylic acid groups (broad SMARTS) is 1. The van der Waals surface area contributed by atoms with Crippen molar-refractivity contribution < 1.29 is 14.8 Å². The number of rotatable bonds is 3. The molecule has 0 heterocycles. The van der Waals surface area contributed by atoms with Gasteiger partial charge in [0.15, 0.2) is 0 Å². The van der Waals surface area contributed by atoms with Crippen LogP contribution in [-0.4, -0.2) is 16.0 Å². The van der Waals surface area contributed by atoms with Gasteiger partial charge in [-0.15, -0.1) is 0 Å². The molecule has 0 aliphatic carbocycles. The predicted molar refractivity (Wildman–Crippen MR) is 59.2 cm³/mol. The van der Waals surface area contributed by atoms with E-state index in [0.29, 0.717) is 16.7 Å². The number of nitrogens with zero attached hydrogens (tertiary/aromatic N) is 1. The average Bonchev–Trinajstić information content (AvgIpc) is 2.12. The van der Waals surface area contributed by atoms with Crippen molar-refractivity contribution in [3.05, 3.63) is 45.0 Å². The summed E-state index contributed by atoms with van der Waals surface area (Å²) >= 11 is 0. The summed E-state index contributed by atoms with van der Waals surface area (Å²) in [6, 6.07) is 3.18. The molecule has 0 radical (unpaired) electrons. The zero-order valence-electron chi connectivity index (χ0n) is 8.93. The van der Waals surface area contributed by atoms with Crippen molar-refractivity contribution in [1.82, 2.24) is 0 Å². The van der Waals surface area contributed by atoms with Gasteiger partial charge < -0.3 is 5.11 Å². The van der Waals surface area contributed by atoms with E-state index in [2.05, 4.69) is 0 Å². The number of carbonyl (C=O) groups is 1. The molecule has 0 amide bonds. The molecular weight excluding hydrogens is 210 g/mol. The molecule has 5 heteroatoms. The molecule has 0 fully saturated rings. The average molecular weight is 221 g/mol. The molecule has 1 aromatic carbocycles. The normalized spacial score (nSPS) is 10.6. The summed E-state index contributed by atoms with van der Waals surface area (Å²) in [6.07, 6.45) is 2.41. The maximum absolute atomic E-state index is 10.7. The van der Waals surface area contributed by atoms with Crippen molar-refractivity contribution in [1.29, 1.82) is 0 Å². The Labute approximate surface area is 92.2 Å². The smallest absolute Gasteiger partial charge is 0.328 e. The second-order valence-electron chi connectivity index (χ2n) is 3.43. The lowest BCUT2D eigenvalue weighted by Gasteiger charge is -2.02. The van der Waals surface area contributed by atoms with Gasteiger partial charge in [0.1, 0.15) is 0 Å². The molecule has 0 saturated carbocycles. The quantitative estimate of drug-likeness (QED) is 0.482. The van der Waals surface area contributed by atoms with E-state index >= 15 is 0 Å². The number of benzene rings is 1. The van der Waals surface area contributed by atoms with Crippen LogP contribution >= 0.6 is 0 Å². The van der Waals surface area contributed by atoms with E-state index in [4.69, 9.17) is 5.11 Å². The highest BCUT2D eigenvalue weighted by atomic mass is 16.6. The summed E-state index contributed by atoms with van der Waals surface area (Å²) in [5.74, 6) is -1.05. The van der Waals surface area contributed by atoms with E-state index in [9.17, 15) is 14.9 Å². The van der Waals surface area contributed by atoms with Crippen molar-refractivity contribution >= 4 is 17.7 Å². The van der Waals surface area contributed by atoms with Crippen molar-refractivity contribution in [2.45, 2.75) is 13.8 Å². The third-order valence-corrected chi connectivity index (χ3v) is 2.11. The molecule has 5 nitrogen and oxygen atoms in total. The Kier molecular flexibility index (Phi) is 3.40. The Morgan fingerprint density at radius 3 is 2.25 bits per heavy atom. The van der Waals surface area contributed by atoms with Gasteiger partial charge in [-0.3, -0.25) is 10.1 Å². The van der Waals surface area contributed by atoms with Gasteiger partial charge in [-0.2, -0.15) is 0 Å². The maximum Gasteiger partial charge on any atom is 0.328 e. The van der Waals surface area contributed by atoms with Crippen LogP contribution in [0.1, 0.15) is 16.7 Å². The predicted octanol–water partition coefficient (Wildman–Crippen LogP) is 2.31. The summed E-state index contributed by atoms with van der Waals surface area (Å²) in [4.78, 5) is 20.6. The number of hydrogen-bond acceptors (Lipinski definition) is 3. The number of aliphatic carboxylic acids is 1. The Balaban J connectivity index is 3.20. The molecule has 1 aromatic rings. The Morgan fingerprint density at radius 1 is 1.38 bits per heavy atom. The van der Waals surface area contributed by atoms with Gasteiger partial charge in [0.05, 0.1) is 4.92 Å². The largest absolute Gasteiger partial charge is 0.478 e. The molecule has 0 aromatic heterocycles. The molecule has 0 aliphatic heterocycles. The zero-order valence-corrected chi connectivity index (χ0v) is 8.93. The lowest BCUT2D eigenvalue weighted by atomic mass is 10.0. The van der Waals surface area contributed by atoms with Crippen molar-refractivity contribution in [2.75, 3.05) is 0 Å². The van der Waals surface area contributed by atoms with E-state index in [1.54, 1.807) is 26.0 Å². The Hall–Kier alpha value is -2.17. The zero-order chi connectivity index (χ0) is 12.3. The van der Waals surface area contributed by atoms with Gasteiger partial charge in [0.2, 0.25) is 0 Å². The lowest BCUT2D eigenvalue weighted by Crippen LogP contribution is -1.96. The first kappa shape index (κ1) is 11.9. The first-order valence-electron chi connectivity index (χ1n) is 4.58. The summed E-state index contributed by atoms with van der Waals surface area (Å²) in [5.41, 5.74) is 1.76. The van der Waals surface area contributed by atoms with Gasteiger partial charge >= 0.3 is 5.97 Å². The van der Waals surface area contributed by atoms with E-state index in [-0.39, 0.29) is 5.69 Å². The summed E-state index contributed by atoms with van der Waals surface area (Å²) in [7, 11) is 0. The Morgan fingerprint density at radius 2 is 1.88 bits per heavy atom. The highest BCUT2D eigenvalue weighted by Gasteiger charge is 2.14. The molecule has 1 rings (SSSR count). The highest BCUT2D eigenvalue weighted by Crippen LogP contribution is 2.24. The van der Waals surface area contributed by atoms with Gasteiger partial charge in [0, 0.05) is 17.2 Å². The first-order chi connectivity index (χ1) is 7.41. The fraction of sp³-hybridized carbons (Fsp3) is 0.182. The molecule has 84 valence electrons. The number of nitro benzene ring substituents is 1. The fourth-order valence-corrected chi connectivity index (χ4v) is 1.54. The van der Waals surface area contributed by atoms with Crippen LogP contribution in [0.5, 0.6) is 0 Å². The van der Waals surface area contributed by atoms with Crippen LogP contribution in [0.15, 0.2) is 18.2 Å². The van der Waals surface area contributed by atoms with Crippen LogP contribution in [0.2, 0.25) is 0 Å². The number of nitro groups is 1. The van der Waals surface area contributed by atoms with E-state index < -0.39 is 10.9 Å². The van der Waals surface area contributed by atoms with E-state index in [1.165, 1.54) is 6.08 Å². The number of hydrogen-bond donors (Lipinski definition) is 1. The van der Waals surface area contributed by atoms with Gasteiger partial charge in [-0.05, 0) is 37.6 Å². The molecule has 0 aliphatic rings. The van der Waals surface area contributed by atoms with Gasteiger partial charge in [-0.25, -0.2) is 4.79 Å². The third kappa shape index (κ3) is 2.66. The minimum absolute atomic E-state index is 0.0764. The SMILES string of the molecule is Cc1cc(/C=C/C(=O)O)cc(C)c1[N+](=O)[O-]. The minimum Gasteiger partial charge on any atom is -0.478 e. The number of carboxylic acids is 1. The van der Waals surface area contributed by atoms with Crippen LogP contribution < -0.4 is 0 Å². The summed E-state index contributed by atoms with van der Waals surface area (Å²) < 4.78 is 0. The number of aryl methyl sites for hydroxylation is 2. The molecule has 1 N–H and O–H groups in total. The van der Waals surface area contributed by atoms with Crippen LogP contribution in [0.3, 0.4) is 0 Å². The van der Waals surface area contributed by atoms with E-state index in [0.717, 1.165) is 6.08 Å². The maximum atomic E-state index is 10.7. The standard InChI is InChI=1S/C11H11NO4/c1-7-5-9(3-4-10(13)14)6-8(2)11(7)12(15)16/h3-6H,1-2H3,(H,13,14)/b4-3+. The van der Waals surface area contributed by atoms with Crippen molar-refractivity contribution in [2.24, 2.45) is 0 Å². The Bertz CT molecular complexity index is 454. The molecule has 0 unspecified atom stereocenters. The molecule has 0 spiro atoms. The van der Waals surface area contributed by atoms with Crippen LogP contribution in [-0.2, 0) is 4.79 Å². The summed E-state index contributed by atoms with van der Waals surface area (Å²) in [5, 5.41) is 19.2. The van der Waals surface area contributed by atoms with Crippen LogP contribution in [0.25, 0.3) is 6.08 Å². The van der Waals surface area contributed by atoms with E-state index in [1.807, 2.05) is 0 Å². The fourth-order valence-electron chi connectivity index (χ4n) is 1.54. The third-order valence-electron chi connectivity index (χ3n) is 2.11. The second kappa shape index (κ2) is 4.57. The van der Waals surface area contributed by atoms with Crippen molar-refractivity contribution in [3.8, 4) is 0 Å². The topological polar surface area (TPSA) is 80.4 Å². The monoisotopic (exact) mass is 221 g/mol. The molecule has 16 heavy (non-hydrogen) atoms.